The highest BCUT2D eigenvalue weighted by Gasteiger charge is 2.18. The van der Waals surface area contributed by atoms with Crippen LogP contribution in [0.25, 0.3) is 0 Å². The summed E-state index contributed by atoms with van der Waals surface area (Å²) in [6.07, 6.45) is 4.40. The maximum Gasteiger partial charge on any atom is 0.319 e. The minimum atomic E-state index is -2.69. The summed E-state index contributed by atoms with van der Waals surface area (Å²) >= 11 is 0. The van der Waals surface area contributed by atoms with Crippen LogP contribution in [0.4, 0.5) is 13.2 Å². The summed E-state index contributed by atoms with van der Waals surface area (Å²) in [5, 5.41) is 10.4. The number of aliphatic hydroxyl groups is 1. The van der Waals surface area contributed by atoms with Crippen molar-refractivity contribution in [3.8, 4) is 0 Å². The highest BCUT2D eigenvalue weighted by atomic mass is 19.3. The van der Waals surface area contributed by atoms with Crippen molar-refractivity contribution >= 4 is 0 Å². The minimum absolute atomic E-state index is 0.0327. The van der Waals surface area contributed by atoms with Gasteiger partial charge >= 0.3 is 6.55 Å². The average Bonchev–Trinajstić information content (AvgIpc) is 3.17. The van der Waals surface area contributed by atoms with E-state index < -0.39 is 18.5 Å². The number of imidazole rings is 2. The molecule has 120 valence electrons. The van der Waals surface area contributed by atoms with Gasteiger partial charge in [0.2, 0.25) is 0 Å². The summed E-state index contributed by atoms with van der Waals surface area (Å²) in [7, 11) is 0. The summed E-state index contributed by atoms with van der Waals surface area (Å²) in [5.74, 6) is -0.00534. The van der Waals surface area contributed by atoms with E-state index >= 15 is 0 Å². The van der Waals surface area contributed by atoms with Crippen molar-refractivity contribution < 1.29 is 18.3 Å². The van der Waals surface area contributed by atoms with Gasteiger partial charge in [0.1, 0.15) is 23.6 Å². The predicted molar refractivity (Wildman–Crippen MR) is 75.3 cm³/mol. The van der Waals surface area contributed by atoms with Crippen LogP contribution >= 0.6 is 0 Å². The monoisotopic (exact) mass is 322 g/mol. The van der Waals surface area contributed by atoms with Crippen LogP contribution in [-0.2, 0) is 6.54 Å². The molecule has 0 saturated heterocycles. The van der Waals surface area contributed by atoms with E-state index in [4.69, 9.17) is 0 Å². The van der Waals surface area contributed by atoms with E-state index in [1.54, 1.807) is 6.20 Å². The Morgan fingerprint density at radius 1 is 1.04 bits per heavy atom. The molecule has 0 saturated carbocycles. The van der Waals surface area contributed by atoms with E-state index in [0.29, 0.717) is 5.56 Å². The molecule has 1 N–H and O–H groups in total. The second-order valence-corrected chi connectivity index (χ2v) is 4.90. The molecule has 0 bridgehead atoms. The van der Waals surface area contributed by atoms with E-state index in [1.165, 1.54) is 47.4 Å². The fraction of sp³-hybridized carbons (Fsp3) is 0.200. The number of alkyl halides is 2. The fourth-order valence-corrected chi connectivity index (χ4v) is 2.29. The number of rotatable bonds is 5. The predicted octanol–water partition coefficient (Wildman–Crippen LogP) is 2.74. The Kier molecular flexibility index (Phi) is 4.16. The fourth-order valence-electron chi connectivity index (χ4n) is 2.29. The standard InChI is InChI=1S/C15H13F3N4O/c16-11-3-1-10(2-4-11)13(23)14-20-5-7-21(14)9-12-19-6-8-22(12)15(17)18/h1-8,13,15,23H,9H2/t13-/m0/s1. The number of aliphatic hydroxyl groups excluding tert-OH is 1. The van der Waals surface area contributed by atoms with E-state index in [-0.39, 0.29) is 18.2 Å². The average molecular weight is 322 g/mol. The Morgan fingerprint density at radius 3 is 2.43 bits per heavy atom. The van der Waals surface area contributed by atoms with Crippen LogP contribution in [-0.4, -0.2) is 24.2 Å². The van der Waals surface area contributed by atoms with Gasteiger partial charge in [0.05, 0.1) is 6.54 Å². The van der Waals surface area contributed by atoms with Crippen LogP contribution in [0.2, 0.25) is 0 Å². The van der Waals surface area contributed by atoms with Crippen molar-refractivity contribution in [1.82, 2.24) is 19.1 Å². The second-order valence-electron chi connectivity index (χ2n) is 4.90. The van der Waals surface area contributed by atoms with Gasteiger partial charge < -0.3 is 9.67 Å². The molecule has 0 unspecified atom stereocenters. The molecule has 23 heavy (non-hydrogen) atoms. The van der Waals surface area contributed by atoms with Crippen LogP contribution in [0, 0.1) is 5.82 Å². The molecular formula is C15H13F3N4O. The Hall–Kier alpha value is -2.61. The lowest BCUT2D eigenvalue weighted by Crippen LogP contribution is -2.14. The molecule has 0 aliphatic heterocycles. The Bertz CT molecular complexity index is 782. The van der Waals surface area contributed by atoms with Crippen molar-refractivity contribution in [1.29, 1.82) is 0 Å². The van der Waals surface area contributed by atoms with Crippen molar-refractivity contribution in [3.63, 3.8) is 0 Å². The molecule has 8 heteroatoms. The van der Waals surface area contributed by atoms with E-state index in [9.17, 15) is 18.3 Å². The molecular weight excluding hydrogens is 309 g/mol. The van der Waals surface area contributed by atoms with Crippen LogP contribution in [0.3, 0.4) is 0 Å². The molecule has 3 aromatic rings. The number of halogens is 3. The lowest BCUT2D eigenvalue weighted by Gasteiger charge is -2.14. The highest BCUT2D eigenvalue weighted by molar-refractivity contribution is 5.24. The van der Waals surface area contributed by atoms with E-state index in [2.05, 4.69) is 9.97 Å². The SMILES string of the molecule is O[C@@H](c1ccc(F)cc1)c1nccn1Cc1nccn1C(F)F. The normalized spacial score (nSPS) is 12.7. The van der Waals surface area contributed by atoms with Gasteiger partial charge in [0.15, 0.2) is 0 Å². The number of hydrogen-bond donors (Lipinski definition) is 1. The van der Waals surface area contributed by atoms with Crippen molar-refractivity contribution in [3.05, 3.63) is 72.1 Å². The van der Waals surface area contributed by atoms with Crippen LogP contribution < -0.4 is 0 Å². The van der Waals surface area contributed by atoms with Crippen molar-refractivity contribution in [2.75, 3.05) is 0 Å². The van der Waals surface area contributed by atoms with E-state index in [0.717, 1.165) is 4.57 Å². The molecule has 1 aromatic carbocycles. The van der Waals surface area contributed by atoms with Gasteiger partial charge in [-0.15, -0.1) is 0 Å². The summed E-state index contributed by atoms with van der Waals surface area (Å²) in [6, 6.07) is 5.35. The summed E-state index contributed by atoms with van der Waals surface area (Å²) < 4.78 is 41.0. The van der Waals surface area contributed by atoms with Crippen molar-refractivity contribution in [2.24, 2.45) is 0 Å². The largest absolute Gasteiger partial charge is 0.380 e. The van der Waals surface area contributed by atoms with Crippen LogP contribution in [0.15, 0.2) is 49.1 Å². The first-order valence-electron chi connectivity index (χ1n) is 6.80. The third-order valence-corrected chi connectivity index (χ3v) is 3.45. The van der Waals surface area contributed by atoms with E-state index in [1.807, 2.05) is 0 Å². The molecule has 1 atom stereocenters. The molecule has 0 amide bonds. The van der Waals surface area contributed by atoms with Gasteiger partial charge in [-0.3, -0.25) is 4.57 Å². The molecule has 2 heterocycles. The quantitative estimate of drug-likeness (QED) is 0.786. The summed E-state index contributed by atoms with van der Waals surface area (Å²) in [4.78, 5) is 7.96. The zero-order valence-corrected chi connectivity index (χ0v) is 11.9. The molecule has 0 fully saturated rings. The summed E-state index contributed by atoms with van der Waals surface area (Å²) in [6.45, 7) is -2.66. The lowest BCUT2D eigenvalue weighted by atomic mass is 10.1. The molecule has 0 aliphatic rings. The van der Waals surface area contributed by atoms with Gasteiger partial charge in [-0.1, -0.05) is 12.1 Å². The minimum Gasteiger partial charge on any atom is -0.380 e. The van der Waals surface area contributed by atoms with Gasteiger partial charge in [-0.2, -0.15) is 8.78 Å². The maximum atomic E-state index is 13.0. The molecule has 0 spiro atoms. The topological polar surface area (TPSA) is 55.9 Å². The Morgan fingerprint density at radius 2 is 1.74 bits per heavy atom. The maximum absolute atomic E-state index is 13.0. The Labute approximate surface area is 129 Å². The molecule has 0 radical (unpaired) electrons. The molecule has 3 rings (SSSR count). The highest BCUT2D eigenvalue weighted by Crippen LogP contribution is 2.22. The zero-order chi connectivity index (χ0) is 16.4. The smallest absolute Gasteiger partial charge is 0.319 e. The second kappa shape index (κ2) is 6.25. The number of benzene rings is 1. The summed E-state index contributed by atoms with van der Waals surface area (Å²) in [5.41, 5.74) is 0.455. The van der Waals surface area contributed by atoms with Gasteiger partial charge in [-0.05, 0) is 17.7 Å². The lowest BCUT2D eigenvalue weighted by molar-refractivity contribution is 0.0666. The number of nitrogens with zero attached hydrogens (tertiary/aromatic N) is 4. The zero-order valence-electron chi connectivity index (χ0n) is 11.9. The van der Waals surface area contributed by atoms with Crippen LogP contribution in [0.5, 0.6) is 0 Å². The van der Waals surface area contributed by atoms with Crippen molar-refractivity contribution in [2.45, 2.75) is 19.2 Å². The first kappa shape index (κ1) is 15.3. The molecule has 2 aromatic heterocycles. The first-order valence-corrected chi connectivity index (χ1v) is 6.80. The van der Waals surface area contributed by atoms with Gasteiger partial charge in [-0.25, -0.2) is 14.4 Å². The third-order valence-electron chi connectivity index (χ3n) is 3.45. The molecule has 5 nitrogen and oxygen atoms in total. The van der Waals surface area contributed by atoms with Gasteiger partial charge in [0, 0.05) is 24.8 Å². The number of aromatic nitrogens is 4. The van der Waals surface area contributed by atoms with Gasteiger partial charge in [0.25, 0.3) is 0 Å². The first-order chi connectivity index (χ1) is 11.1. The Balaban J connectivity index is 1.87. The third kappa shape index (κ3) is 3.11. The van der Waals surface area contributed by atoms with Crippen LogP contribution in [0.1, 0.15) is 29.9 Å². The molecule has 0 aliphatic carbocycles. The number of hydrogen-bond acceptors (Lipinski definition) is 3.